The SMILES string of the molecule is CCN(CC(=O)Nc1nccs1)C(=O)c1cccs1. The maximum absolute atomic E-state index is 12.1. The fourth-order valence-electron chi connectivity index (χ4n) is 1.50. The van der Waals surface area contributed by atoms with Crippen molar-refractivity contribution in [3.63, 3.8) is 0 Å². The van der Waals surface area contributed by atoms with Crippen LogP contribution in [0.2, 0.25) is 0 Å². The minimum Gasteiger partial charge on any atom is -0.329 e. The molecule has 0 spiro atoms. The van der Waals surface area contributed by atoms with Gasteiger partial charge in [0.1, 0.15) is 6.54 Å². The van der Waals surface area contributed by atoms with Gasteiger partial charge in [-0.15, -0.1) is 22.7 Å². The fraction of sp³-hybridized carbons (Fsp3) is 0.250. The van der Waals surface area contributed by atoms with Gasteiger partial charge in [-0.05, 0) is 18.4 Å². The third-order valence-corrected chi connectivity index (χ3v) is 3.96. The highest BCUT2D eigenvalue weighted by Gasteiger charge is 2.18. The van der Waals surface area contributed by atoms with Gasteiger partial charge in [0.25, 0.3) is 5.91 Å². The van der Waals surface area contributed by atoms with Crippen molar-refractivity contribution in [2.75, 3.05) is 18.4 Å². The van der Waals surface area contributed by atoms with Crippen LogP contribution in [0.5, 0.6) is 0 Å². The summed E-state index contributed by atoms with van der Waals surface area (Å²) in [6.45, 7) is 2.37. The van der Waals surface area contributed by atoms with Gasteiger partial charge in [0, 0.05) is 18.1 Å². The first-order valence-electron chi connectivity index (χ1n) is 5.73. The van der Waals surface area contributed by atoms with Crippen molar-refractivity contribution in [2.24, 2.45) is 0 Å². The van der Waals surface area contributed by atoms with Crippen molar-refractivity contribution in [3.05, 3.63) is 34.0 Å². The lowest BCUT2D eigenvalue weighted by molar-refractivity contribution is -0.116. The molecule has 1 N–H and O–H groups in total. The van der Waals surface area contributed by atoms with Gasteiger partial charge in [-0.25, -0.2) is 4.98 Å². The van der Waals surface area contributed by atoms with Crippen molar-refractivity contribution >= 4 is 39.6 Å². The molecule has 0 bridgehead atoms. The number of carbonyl (C=O) groups excluding carboxylic acids is 2. The monoisotopic (exact) mass is 295 g/mol. The summed E-state index contributed by atoms with van der Waals surface area (Å²) >= 11 is 2.72. The topological polar surface area (TPSA) is 62.3 Å². The van der Waals surface area contributed by atoms with Crippen LogP contribution in [-0.2, 0) is 4.79 Å². The molecule has 2 aromatic rings. The van der Waals surface area contributed by atoms with Crippen LogP contribution in [0.4, 0.5) is 5.13 Å². The van der Waals surface area contributed by atoms with Crippen molar-refractivity contribution in [2.45, 2.75) is 6.92 Å². The van der Waals surface area contributed by atoms with Crippen LogP contribution in [0, 0.1) is 0 Å². The van der Waals surface area contributed by atoms with E-state index in [1.165, 1.54) is 27.6 Å². The maximum atomic E-state index is 12.1. The highest BCUT2D eigenvalue weighted by molar-refractivity contribution is 7.13. The van der Waals surface area contributed by atoms with E-state index in [-0.39, 0.29) is 18.4 Å². The molecule has 0 atom stereocenters. The lowest BCUT2D eigenvalue weighted by atomic mass is 10.3. The van der Waals surface area contributed by atoms with Crippen LogP contribution in [-0.4, -0.2) is 34.8 Å². The molecule has 0 saturated heterocycles. The highest BCUT2D eigenvalue weighted by Crippen LogP contribution is 2.13. The predicted molar refractivity (Wildman–Crippen MR) is 76.6 cm³/mol. The fourth-order valence-corrected chi connectivity index (χ4v) is 2.74. The Morgan fingerprint density at radius 3 is 2.79 bits per heavy atom. The van der Waals surface area contributed by atoms with E-state index >= 15 is 0 Å². The van der Waals surface area contributed by atoms with Crippen molar-refractivity contribution in [1.82, 2.24) is 9.88 Å². The van der Waals surface area contributed by atoms with E-state index in [9.17, 15) is 9.59 Å². The number of anilines is 1. The van der Waals surface area contributed by atoms with Crippen LogP contribution in [0.15, 0.2) is 29.1 Å². The van der Waals surface area contributed by atoms with Crippen LogP contribution in [0.25, 0.3) is 0 Å². The van der Waals surface area contributed by atoms with Gasteiger partial charge in [-0.3, -0.25) is 9.59 Å². The molecule has 0 unspecified atom stereocenters. The average Bonchev–Trinajstić information content (AvgIpc) is 3.07. The highest BCUT2D eigenvalue weighted by atomic mass is 32.1. The largest absolute Gasteiger partial charge is 0.329 e. The molecule has 100 valence electrons. The van der Waals surface area contributed by atoms with Gasteiger partial charge in [0.15, 0.2) is 5.13 Å². The second kappa shape index (κ2) is 6.44. The molecule has 2 aromatic heterocycles. The zero-order chi connectivity index (χ0) is 13.7. The van der Waals surface area contributed by atoms with E-state index < -0.39 is 0 Å². The van der Waals surface area contributed by atoms with Crippen LogP contribution < -0.4 is 5.32 Å². The van der Waals surface area contributed by atoms with Gasteiger partial charge >= 0.3 is 0 Å². The summed E-state index contributed by atoms with van der Waals surface area (Å²) in [5.41, 5.74) is 0. The van der Waals surface area contributed by atoms with Gasteiger partial charge in [0.05, 0.1) is 4.88 Å². The predicted octanol–water partition coefficient (Wildman–Crippen LogP) is 2.31. The maximum Gasteiger partial charge on any atom is 0.264 e. The Hall–Kier alpha value is -1.73. The molecule has 7 heteroatoms. The molecular weight excluding hydrogens is 282 g/mol. The molecule has 0 fully saturated rings. The quantitative estimate of drug-likeness (QED) is 0.920. The first-order chi connectivity index (χ1) is 9.20. The summed E-state index contributed by atoms with van der Waals surface area (Å²) in [6, 6.07) is 3.58. The number of carbonyl (C=O) groups is 2. The molecular formula is C12H13N3O2S2. The van der Waals surface area contributed by atoms with E-state index in [1.807, 2.05) is 18.4 Å². The average molecular weight is 295 g/mol. The minimum absolute atomic E-state index is 0.0345. The molecule has 5 nitrogen and oxygen atoms in total. The van der Waals surface area contributed by atoms with Crippen LogP contribution >= 0.6 is 22.7 Å². The number of nitrogens with zero attached hydrogens (tertiary/aromatic N) is 2. The van der Waals surface area contributed by atoms with E-state index in [0.29, 0.717) is 16.6 Å². The number of rotatable bonds is 5. The smallest absolute Gasteiger partial charge is 0.264 e. The molecule has 0 aliphatic carbocycles. The summed E-state index contributed by atoms with van der Waals surface area (Å²) < 4.78 is 0. The first-order valence-corrected chi connectivity index (χ1v) is 7.48. The Morgan fingerprint density at radius 2 is 2.21 bits per heavy atom. The van der Waals surface area contributed by atoms with Gasteiger partial charge in [0.2, 0.25) is 5.91 Å². The summed E-state index contributed by atoms with van der Waals surface area (Å²) in [4.78, 5) is 30.1. The lowest BCUT2D eigenvalue weighted by Crippen LogP contribution is -2.37. The van der Waals surface area contributed by atoms with E-state index in [4.69, 9.17) is 0 Å². The van der Waals surface area contributed by atoms with Crippen LogP contribution in [0.1, 0.15) is 16.6 Å². The van der Waals surface area contributed by atoms with Gasteiger partial charge < -0.3 is 10.2 Å². The Kier molecular flexibility index (Phi) is 4.64. The molecule has 2 amide bonds. The van der Waals surface area contributed by atoms with E-state index in [1.54, 1.807) is 17.6 Å². The standard InChI is InChI=1S/C12H13N3O2S2/c1-2-15(11(17)9-4-3-6-18-9)8-10(16)14-12-13-5-7-19-12/h3-7H,2,8H2,1H3,(H,13,14,16). The van der Waals surface area contributed by atoms with Crippen molar-refractivity contribution in [3.8, 4) is 0 Å². The number of hydrogen-bond donors (Lipinski definition) is 1. The molecule has 0 radical (unpaired) electrons. The third-order valence-electron chi connectivity index (χ3n) is 2.41. The summed E-state index contributed by atoms with van der Waals surface area (Å²) in [5, 5.41) is 6.84. The van der Waals surface area contributed by atoms with Gasteiger partial charge in [-0.1, -0.05) is 6.07 Å². The number of thiazole rings is 1. The second-order valence-electron chi connectivity index (χ2n) is 3.68. The summed E-state index contributed by atoms with van der Waals surface area (Å²) in [5.74, 6) is -0.353. The number of likely N-dealkylation sites (N-methyl/N-ethyl adjacent to an activating group) is 1. The zero-order valence-corrected chi connectivity index (χ0v) is 12.0. The van der Waals surface area contributed by atoms with Gasteiger partial charge in [-0.2, -0.15) is 0 Å². The second-order valence-corrected chi connectivity index (χ2v) is 5.52. The van der Waals surface area contributed by atoms with Crippen LogP contribution in [0.3, 0.4) is 0 Å². The van der Waals surface area contributed by atoms with E-state index in [0.717, 1.165) is 0 Å². The molecule has 2 rings (SSSR count). The number of nitrogens with one attached hydrogen (secondary N) is 1. The molecule has 2 heterocycles. The van der Waals surface area contributed by atoms with Crippen molar-refractivity contribution in [1.29, 1.82) is 0 Å². The minimum atomic E-state index is -0.235. The normalized spacial score (nSPS) is 10.2. The Bertz CT molecular complexity index is 537. The number of hydrogen-bond acceptors (Lipinski definition) is 5. The molecule has 0 aromatic carbocycles. The molecule has 0 saturated carbocycles. The summed E-state index contributed by atoms with van der Waals surface area (Å²) in [7, 11) is 0. The number of amides is 2. The van der Waals surface area contributed by atoms with Crippen molar-refractivity contribution < 1.29 is 9.59 Å². The number of thiophene rings is 1. The summed E-state index contributed by atoms with van der Waals surface area (Å²) in [6.07, 6.45) is 1.62. The number of aromatic nitrogens is 1. The Balaban J connectivity index is 1.95. The third kappa shape index (κ3) is 3.62. The Morgan fingerprint density at radius 1 is 1.37 bits per heavy atom. The zero-order valence-electron chi connectivity index (χ0n) is 10.3. The Labute approximate surface area is 118 Å². The molecule has 0 aliphatic rings. The first kappa shape index (κ1) is 13.7. The molecule has 0 aliphatic heterocycles. The van der Waals surface area contributed by atoms with E-state index in [2.05, 4.69) is 10.3 Å². The lowest BCUT2D eigenvalue weighted by Gasteiger charge is -2.19. The molecule has 19 heavy (non-hydrogen) atoms.